The van der Waals surface area contributed by atoms with Crippen molar-refractivity contribution >= 4 is 22.7 Å². The number of anilines is 1. The zero-order chi connectivity index (χ0) is 27.8. The van der Waals surface area contributed by atoms with Crippen molar-refractivity contribution in [3.05, 3.63) is 119 Å². The maximum absolute atomic E-state index is 12.5. The number of rotatable bonds is 8. The fourth-order valence-electron chi connectivity index (χ4n) is 6.16. The minimum atomic E-state index is -0.435. The number of methoxy groups -OCH3 is 1. The minimum Gasteiger partial charge on any atom is -0.465 e. The van der Waals surface area contributed by atoms with E-state index in [2.05, 4.69) is 63.4 Å². The predicted molar refractivity (Wildman–Crippen MR) is 161 cm³/mol. The second-order valence-corrected chi connectivity index (χ2v) is 11.1. The van der Waals surface area contributed by atoms with Gasteiger partial charge in [0.15, 0.2) is 0 Å². The number of benzene rings is 3. The zero-order valence-electron chi connectivity index (χ0n) is 23.2. The number of ether oxygens (including phenoxy) is 2. The smallest absolute Gasteiger partial charge is 0.341 e. The molecule has 1 aliphatic carbocycles. The molecule has 6 heteroatoms. The molecule has 5 aromatic rings. The van der Waals surface area contributed by atoms with Gasteiger partial charge in [-0.15, -0.1) is 0 Å². The van der Waals surface area contributed by atoms with Gasteiger partial charge in [-0.1, -0.05) is 42.5 Å². The Kier molecular flexibility index (Phi) is 6.67. The summed E-state index contributed by atoms with van der Waals surface area (Å²) in [5.74, 6) is 1.34. The van der Waals surface area contributed by atoms with Gasteiger partial charge in [-0.3, -0.25) is 0 Å². The van der Waals surface area contributed by atoms with E-state index in [1.807, 2.05) is 30.5 Å². The van der Waals surface area contributed by atoms with E-state index < -0.39 is 5.97 Å². The summed E-state index contributed by atoms with van der Waals surface area (Å²) in [5, 5.41) is 0.939. The Morgan fingerprint density at radius 3 is 2.56 bits per heavy atom. The molecular weight excluding hydrogens is 510 g/mol. The summed E-state index contributed by atoms with van der Waals surface area (Å²) in [6, 6.07) is 28.0. The van der Waals surface area contributed by atoms with Crippen molar-refractivity contribution in [2.24, 2.45) is 0 Å². The van der Waals surface area contributed by atoms with Gasteiger partial charge in [-0.2, -0.15) is 0 Å². The Morgan fingerprint density at radius 1 is 0.951 bits per heavy atom. The first-order chi connectivity index (χ1) is 20.2. The molecule has 1 N–H and O–H groups in total. The molecule has 0 bridgehead atoms. The second-order valence-electron chi connectivity index (χ2n) is 11.1. The molecule has 206 valence electrons. The number of esters is 1. The quantitative estimate of drug-likeness (QED) is 0.201. The first kappa shape index (κ1) is 25.4. The lowest BCUT2D eigenvalue weighted by Crippen LogP contribution is -2.23. The fraction of sp³-hybridized carbons (Fsp3) is 0.257. The van der Waals surface area contributed by atoms with Crippen LogP contribution in [0.1, 0.15) is 70.3 Å². The SMILES string of the molecule is COC(=O)c1ccc(Cc2ccc(N3CCC[C@@H]3c3ccccc3C3CC3)cc2)cc1Oc1cnc2[nH]ccc2c1. The molecule has 1 atom stereocenters. The highest BCUT2D eigenvalue weighted by atomic mass is 16.5. The van der Waals surface area contributed by atoms with Crippen LogP contribution < -0.4 is 9.64 Å². The Labute approximate surface area is 239 Å². The highest BCUT2D eigenvalue weighted by Crippen LogP contribution is 2.46. The average molecular weight is 544 g/mol. The summed E-state index contributed by atoms with van der Waals surface area (Å²) in [4.78, 5) is 22.6. The number of H-pyrrole nitrogens is 1. The highest BCUT2D eigenvalue weighted by Gasteiger charge is 2.32. The van der Waals surface area contributed by atoms with Crippen LogP contribution in [0.25, 0.3) is 11.0 Å². The molecule has 2 aliphatic rings. The maximum Gasteiger partial charge on any atom is 0.341 e. The number of fused-ring (bicyclic) bond motifs is 1. The second kappa shape index (κ2) is 10.8. The molecule has 1 saturated carbocycles. The normalized spacial score (nSPS) is 16.7. The number of nitrogens with zero attached hydrogens (tertiary/aromatic N) is 2. The van der Waals surface area contributed by atoms with Gasteiger partial charge in [-0.25, -0.2) is 9.78 Å². The van der Waals surface area contributed by atoms with Gasteiger partial charge in [0.2, 0.25) is 0 Å². The molecule has 7 rings (SSSR count). The van der Waals surface area contributed by atoms with Crippen LogP contribution in [0.15, 0.2) is 91.3 Å². The molecule has 2 fully saturated rings. The number of pyridine rings is 1. The van der Waals surface area contributed by atoms with Gasteiger partial charge in [0, 0.05) is 23.8 Å². The van der Waals surface area contributed by atoms with Crippen molar-refractivity contribution in [3.63, 3.8) is 0 Å². The molecule has 0 radical (unpaired) electrons. The van der Waals surface area contributed by atoms with E-state index in [1.165, 1.54) is 49.6 Å². The van der Waals surface area contributed by atoms with E-state index in [4.69, 9.17) is 9.47 Å². The van der Waals surface area contributed by atoms with E-state index in [-0.39, 0.29) is 0 Å². The van der Waals surface area contributed by atoms with Crippen molar-refractivity contribution in [1.82, 2.24) is 9.97 Å². The molecule has 3 aromatic carbocycles. The lowest BCUT2D eigenvalue weighted by atomic mass is 9.95. The average Bonchev–Trinajstić information content (AvgIpc) is 3.54. The third-order valence-corrected chi connectivity index (χ3v) is 8.36. The Bertz CT molecular complexity index is 1700. The number of carbonyl (C=O) groups is 1. The van der Waals surface area contributed by atoms with Crippen LogP contribution in [-0.4, -0.2) is 29.6 Å². The molecular formula is C35H33N3O3. The summed E-state index contributed by atoms with van der Waals surface area (Å²) in [6.07, 6.45) is 9.28. The van der Waals surface area contributed by atoms with Gasteiger partial charge in [-0.05, 0) is 96.7 Å². The number of hydrogen-bond acceptors (Lipinski definition) is 5. The van der Waals surface area contributed by atoms with Gasteiger partial charge < -0.3 is 19.4 Å². The van der Waals surface area contributed by atoms with Gasteiger partial charge in [0.25, 0.3) is 0 Å². The van der Waals surface area contributed by atoms with Gasteiger partial charge in [0.1, 0.15) is 22.7 Å². The lowest BCUT2D eigenvalue weighted by Gasteiger charge is -2.29. The highest BCUT2D eigenvalue weighted by molar-refractivity contribution is 5.92. The summed E-state index contributed by atoms with van der Waals surface area (Å²) in [7, 11) is 1.38. The zero-order valence-corrected chi connectivity index (χ0v) is 23.2. The topological polar surface area (TPSA) is 67.4 Å². The summed E-state index contributed by atoms with van der Waals surface area (Å²) in [5.41, 5.74) is 7.77. The maximum atomic E-state index is 12.5. The van der Waals surface area contributed by atoms with Crippen LogP contribution >= 0.6 is 0 Å². The van der Waals surface area contributed by atoms with E-state index in [9.17, 15) is 4.79 Å². The van der Waals surface area contributed by atoms with Crippen LogP contribution in [0.4, 0.5) is 5.69 Å². The summed E-state index contributed by atoms with van der Waals surface area (Å²) in [6.45, 7) is 1.09. The van der Waals surface area contributed by atoms with Crippen LogP contribution in [0.5, 0.6) is 11.5 Å². The van der Waals surface area contributed by atoms with Gasteiger partial charge in [0.05, 0.1) is 19.3 Å². The van der Waals surface area contributed by atoms with Crippen LogP contribution in [0, 0.1) is 0 Å². The number of nitrogens with one attached hydrogen (secondary N) is 1. The predicted octanol–water partition coefficient (Wildman–Crippen LogP) is 7.95. The third kappa shape index (κ3) is 5.18. The first-order valence-electron chi connectivity index (χ1n) is 14.4. The monoisotopic (exact) mass is 543 g/mol. The molecule has 41 heavy (non-hydrogen) atoms. The van der Waals surface area contributed by atoms with E-state index in [0.29, 0.717) is 23.1 Å². The van der Waals surface area contributed by atoms with Crippen LogP contribution in [0.2, 0.25) is 0 Å². The van der Waals surface area contributed by atoms with Crippen LogP contribution in [0.3, 0.4) is 0 Å². The van der Waals surface area contributed by atoms with E-state index >= 15 is 0 Å². The van der Waals surface area contributed by atoms with Crippen molar-refractivity contribution in [1.29, 1.82) is 0 Å². The van der Waals surface area contributed by atoms with Crippen LogP contribution in [-0.2, 0) is 11.2 Å². The Hall–Kier alpha value is -4.58. The molecule has 3 heterocycles. The van der Waals surface area contributed by atoms with E-state index in [0.717, 1.165) is 35.5 Å². The van der Waals surface area contributed by atoms with Crippen molar-refractivity contribution < 1.29 is 14.3 Å². The molecule has 1 aliphatic heterocycles. The lowest BCUT2D eigenvalue weighted by molar-refractivity contribution is 0.0598. The molecule has 0 unspecified atom stereocenters. The van der Waals surface area contributed by atoms with E-state index in [1.54, 1.807) is 17.8 Å². The number of carbonyl (C=O) groups excluding carboxylic acids is 1. The minimum absolute atomic E-state index is 0.382. The summed E-state index contributed by atoms with van der Waals surface area (Å²) >= 11 is 0. The van der Waals surface area contributed by atoms with Crippen molar-refractivity contribution in [2.45, 2.75) is 44.1 Å². The number of aromatic amines is 1. The molecule has 6 nitrogen and oxygen atoms in total. The molecule has 0 spiro atoms. The van der Waals surface area contributed by atoms with Gasteiger partial charge >= 0.3 is 5.97 Å². The largest absolute Gasteiger partial charge is 0.465 e. The summed E-state index contributed by atoms with van der Waals surface area (Å²) < 4.78 is 11.2. The third-order valence-electron chi connectivity index (χ3n) is 8.36. The molecule has 2 aromatic heterocycles. The van der Waals surface area contributed by atoms with Crippen molar-refractivity contribution in [3.8, 4) is 11.5 Å². The number of aromatic nitrogens is 2. The first-order valence-corrected chi connectivity index (χ1v) is 14.4. The van der Waals surface area contributed by atoms with Crippen molar-refractivity contribution in [2.75, 3.05) is 18.6 Å². The molecule has 1 saturated heterocycles. The Morgan fingerprint density at radius 2 is 1.76 bits per heavy atom. The fourth-order valence-corrected chi connectivity index (χ4v) is 6.16. The molecule has 0 amide bonds. The standard InChI is InChI=1S/C35H33N3O3/c1-40-35(39)31-15-10-24(20-33(31)41-28-21-26-16-17-36-34(26)37-22-28)19-23-8-13-27(14-9-23)38-18-4-7-32(38)30-6-3-2-5-29(30)25-11-12-25/h2-3,5-6,8-10,13-17,20-22,25,32H,4,7,11-12,18-19H2,1H3,(H,36,37)/t32-/m1/s1. The number of hydrogen-bond donors (Lipinski definition) is 1. The Balaban J connectivity index is 1.11.